The Balaban J connectivity index is 1.57. The predicted molar refractivity (Wildman–Crippen MR) is 111 cm³/mol. The van der Waals surface area contributed by atoms with Gasteiger partial charge in [0.2, 0.25) is 0 Å². The molecule has 6 heteroatoms. The molecule has 1 fully saturated rings. The number of furan rings is 1. The molecule has 0 aliphatic heterocycles. The topological polar surface area (TPSA) is 80.6 Å². The number of rotatable bonds is 9. The Hall–Kier alpha value is -2.86. The van der Waals surface area contributed by atoms with Crippen molar-refractivity contribution in [2.75, 3.05) is 13.2 Å². The standard InChI is InChI=1S/C23H28N2O4/c1-17-8-2-5-12-20(17)22(26)25-21(16-19-11-6-14-29-19)23(27)24-13-7-15-28-18-9-3-4-10-18/h2,5-6,8,11-12,14,16,18H,3-4,7,9-10,13,15H2,1H3,(H,24,27)(H,25,26)/b21-16-. The van der Waals surface area contributed by atoms with E-state index in [9.17, 15) is 9.59 Å². The Labute approximate surface area is 171 Å². The summed E-state index contributed by atoms with van der Waals surface area (Å²) in [6.45, 7) is 2.95. The molecule has 154 valence electrons. The van der Waals surface area contributed by atoms with Crippen LogP contribution in [0.2, 0.25) is 0 Å². The van der Waals surface area contributed by atoms with Crippen molar-refractivity contribution in [1.29, 1.82) is 0 Å². The summed E-state index contributed by atoms with van der Waals surface area (Å²) in [6, 6.07) is 10.7. The molecule has 3 rings (SSSR count). The summed E-state index contributed by atoms with van der Waals surface area (Å²) in [7, 11) is 0. The van der Waals surface area contributed by atoms with Crippen LogP contribution in [-0.2, 0) is 9.53 Å². The van der Waals surface area contributed by atoms with E-state index in [0.29, 0.717) is 30.6 Å². The Morgan fingerprint density at radius 2 is 1.97 bits per heavy atom. The fourth-order valence-corrected chi connectivity index (χ4v) is 3.37. The van der Waals surface area contributed by atoms with Gasteiger partial charge in [-0.2, -0.15) is 0 Å². The molecule has 1 saturated carbocycles. The van der Waals surface area contributed by atoms with Gasteiger partial charge in [-0.15, -0.1) is 0 Å². The van der Waals surface area contributed by atoms with Crippen LogP contribution in [0.4, 0.5) is 0 Å². The molecule has 1 heterocycles. The zero-order valence-electron chi connectivity index (χ0n) is 16.8. The third-order valence-electron chi connectivity index (χ3n) is 4.97. The molecule has 2 amide bonds. The SMILES string of the molecule is Cc1ccccc1C(=O)N/C(=C\c1ccco1)C(=O)NCCCOC1CCCC1. The molecule has 1 aromatic heterocycles. The van der Waals surface area contributed by atoms with Gasteiger partial charge in [0.25, 0.3) is 11.8 Å². The number of hydrogen-bond donors (Lipinski definition) is 2. The highest BCUT2D eigenvalue weighted by Gasteiger charge is 2.17. The lowest BCUT2D eigenvalue weighted by molar-refractivity contribution is -0.117. The lowest BCUT2D eigenvalue weighted by Crippen LogP contribution is -2.35. The van der Waals surface area contributed by atoms with Gasteiger partial charge in [-0.3, -0.25) is 9.59 Å². The van der Waals surface area contributed by atoms with Crippen molar-refractivity contribution in [3.63, 3.8) is 0 Å². The summed E-state index contributed by atoms with van der Waals surface area (Å²) in [4.78, 5) is 25.3. The Bertz CT molecular complexity index is 836. The fourth-order valence-electron chi connectivity index (χ4n) is 3.37. The van der Waals surface area contributed by atoms with E-state index in [4.69, 9.17) is 9.15 Å². The first kappa shape index (κ1) is 20.9. The van der Waals surface area contributed by atoms with Gasteiger partial charge >= 0.3 is 0 Å². The summed E-state index contributed by atoms with van der Waals surface area (Å²) >= 11 is 0. The highest BCUT2D eigenvalue weighted by atomic mass is 16.5. The van der Waals surface area contributed by atoms with Crippen LogP contribution in [0.25, 0.3) is 6.08 Å². The van der Waals surface area contributed by atoms with Crippen molar-refractivity contribution in [1.82, 2.24) is 10.6 Å². The van der Waals surface area contributed by atoms with Gasteiger partial charge in [-0.25, -0.2) is 0 Å². The molecule has 1 aromatic carbocycles. The molecule has 1 aliphatic carbocycles. The minimum absolute atomic E-state index is 0.143. The second kappa shape index (κ2) is 10.6. The van der Waals surface area contributed by atoms with Gasteiger partial charge in [0.1, 0.15) is 11.5 Å². The fraction of sp³-hybridized carbons (Fsp3) is 0.391. The first-order valence-electron chi connectivity index (χ1n) is 10.2. The summed E-state index contributed by atoms with van der Waals surface area (Å²) in [5.41, 5.74) is 1.51. The summed E-state index contributed by atoms with van der Waals surface area (Å²) in [5, 5.41) is 5.57. The van der Waals surface area contributed by atoms with E-state index in [1.165, 1.54) is 25.2 Å². The zero-order chi connectivity index (χ0) is 20.5. The molecule has 2 N–H and O–H groups in total. The van der Waals surface area contributed by atoms with Crippen molar-refractivity contribution in [2.24, 2.45) is 0 Å². The average molecular weight is 396 g/mol. The van der Waals surface area contributed by atoms with Crippen molar-refractivity contribution in [3.05, 3.63) is 65.2 Å². The van der Waals surface area contributed by atoms with Crippen molar-refractivity contribution in [3.8, 4) is 0 Å². The van der Waals surface area contributed by atoms with Crippen LogP contribution < -0.4 is 10.6 Å². The molecule has 0 unspecified atom stereocenters. The van der Waals surface area contributed by atoms with Gasteiger partial charge in [-0.1, -0.05) is 31.0 Å². The van der Waals surface area contributed by atoms with E-state index in [-0.39, 0.29) is 17.5 Å². The van der Waals surface area contributed by atoms with Crippen molar-refractivity contribution >= 4 is 17.9 Å². The molecular weight excluding hydrogens is 368 g/mol. The second-order valence-electron chi connectivity index (χ2n) is 7.23. The van der Waals surface area contributed by atoms with Crippen LogP contribution >= 0.6 is 0 Å². The number of hydrogen-bond acceptors (Lipinski definition) is 4. The normalized spacial score (nSPS) is 14.7. The van der Waals surface area contributed by atoms with Crippen LogP contribution in [0.15, 0.2) is 52.8 Å². The molecule has 0 saturated heterocycles. The zero-order valence-corrected chi connectivity index (χ0v) is 16.8. The van der Waals surface area contributed by atoms with Gasteiger partial charge in [0.15, 0.2) is 0 Å². The van der Waals surface area contributed by atoms with E-state index >= 15 is 0 Å². The third kappa shape index (κ3) is 6.32. The molecule has 0 bridgehead atoms. The van der Waals surface area contributed by atoms with Gasteiger partial charge in [0, 0.05) is 24.8 Å². The van der Waals surface area contributed by atoms with E-state index in [1.54, 1.807) is 24.3 Å². The highest BCUT2D eigenvalue weighted by Crippen LogP contribution is 2.20. The number of ether oxygens (including phenoxy) is 1. The van der Waals surface area contributed by atoms with E-state index in [1.807, 2.05) is 19.1 Å². The second-order valence-corrected chi connectivity index (χ2v) is 7.23. The number of amides is 2. The van der Waals surface area contributed by atoms with Crippen LogP contribution in [0, 0.1) is 6.92 Å². The summed E-state index contributed by atoms with van der Waals surface area (Å²) in [6.07, 6.45) is 8.88. The molecule has 0 atom stereocenters. The number of aryl methyl sites for hydroxylation is 1. The van der Waals surface area contributed by atoms with Crippen LogP contribution in [0.1, 0.15) is 53.8 Å². The van der Waals surface area contributed by atoms with E-state index < -0.39 is 0 Å². The number of nitrogens with one attached hydrogen (secondary N) is 2. The number of benzene rings is 1. The Morgan fingerprint density at radius 1 is 1.17 bits per heavy atom. The maximum absolute atomic E-state index is 12.7. The average Bonchev–Trinajstić information content (AvgIpc) is 3.41. The summed E-state index contributed by atoms with van der Waals surface area (Å²) in [5.74, 6) is -0.199. The molecule has 29 heavy (non-hydrogen) atoms. The highest BCUT2D eigenvalue weighted by molar-refractivity contribution is 6.05. The largest absolute Gasteiger partial charge is 0.465 e. The number of carbonyl (C=O) groups is 2. The lowest BCUT2D eigenvalue weighted by Gasteiger charge is -2.13. The molecular formula is C23H28N2O4. The van der Waals surface area contributed by atoms with Crippen molar-refractivity contribution in [2.45, 2.75) is 45.1 Å². The minimum atomic E-state index is -0.357. The van der Waals surface area contributed by atoms with Crippen molar-refractivity contribution < 1.29 is 18.7 Å². The molecule has 1 aliphatic rings. The van der Waals surface area contributed by atoms with Gasteiger partial charge < -0.3 is 19.8 Å². The molecule has 0 radical (unpaired) electrons. The quantitative estimate of drug-likeness (QED) is 0.499. The van der Waals surface area contributed by atoms with Crippen LogP contribution in [-0.4, -0.2) is 31.1 Å². The maximum atomic E-state index is 12.7. The lowest BCUT2D eigenvalue weighted by atomic mass is 10.1. The molecule has 6 nitrogen and oxygen atoms in total. The van der Waals surface area contributed by atoms with E-state index in [0.717, 1.165) is 24.8 Å². The molecule has 0 spiro atoms. The smallest absolute Gasteiger partial charge is 0.267 e. The first-order valence-corrected chi connectivity index (χ1v) is 10.2. The maximum Gasteiger partial charge on any atom is 0.267 e. The Kier molecular flexibility index (Phi) is 7.64. The van der Waals surface area contributed by atoms with Gasteiger partial charge in [-0.05, 0) is 49.9 Å². The predicted octanol–water partition coefficient (Wildman–Crippen LogP) is 3.82. The van der Waals surface area contributed by atoms with Crippen LogP contribution in [0.3, 0.4) is 0 Å². The Morgan fingerprint density at radius 3 is 2.69 bits per heavy atom. The summed E-state index contributed by atoms with van der Waals surface area (Å²) < 4.78 is 11.1. The first-order chi connectivity index (χ1) is 14.1. The van der Waals surface area contributed by atoms with E-state index in [2.05, 4.69) is 10.6 Å². The molecule has 2 aromatic rings. The number of carbonyl (C=O) groups excluding carboxylic acids is 2. The van der Waals surface area contributed by atoms with Crippen LogP contribution in [0.5, 0.6) is 0 Å². The monoisotopic (exact) mass is 396 g/mol. The van der Waals surface area contributed by atoms with Gasteiger partial charge in [0.05, 0.1) is 12.4 Å². The minimum Gasteiger partial charge on any atom is -0.465 e. The third-order valence-corrected chi connectivity index (χ3v) is 4.97.